The number of hydrogen-bond donors (Lipinski definition) is 4. The number of rotatable bonds is 11. The Hall–Kier alpha value is -2.83. The molecule has 0 heterocycles. The van der Waals surface area contributed by atoms with Crippen molar-refractivity contribution in [2.24, 2.45) is 0 Å². The molecule has 0 aliphatic carbocycles. The maximum absolute atomic E-state index is 12.2. The first kappa shape index (κ1) is 27.4. The van der Waals surface area contributed by atoms with E-state index >= 15 is 0 Å². The van der Waals surface area contributed by atoms with Gasteiger partial charge >= 0.3 is 12.1 Å². The van der Waals surface area contributed by atoms with E-state index < -0.39 is 32.1 Å². The smallest absolute Gasteiger partial charge is 0.328 e. The second-order valence-corrected chi connectivity index (χ2v) is 11.2. The van der Waals surface area contributed by atoms with Crippen LogP contribution in [0.25, 0.3) is 0 Å². The third-order valence-electron chi connectivity index (χ3n) is 4.54. The average Bonchev–Trinajstić information content (AvgIpc) is 2.75. The Bertz CT molecular complexity index is 1120. The van der Waals surface area contributed by atoms with Gasteiger partial charge in [0.25, 0.3) is 20.0 Å². The largest absolute Gasteiger partial charge is 0.337 e. The minimum absolute atomic E-state index is 0.0135. The average molecular weight is 531 g/mol. The van der Waals surface area contributed by atoms with Crippen LogP contribution in [-0.2, 0) is 20.0 Å². The fourth-order valence-electron chi connectivity index (χ4n) is 2.86. The summed E-state index contributed by atoms with van der Waals surface area (Å²) < 4.78 is 52.5. The number of urea groups is 2. The summed E-state index contributed by atoms with van der Waals surface area (Å²) in [4.78, 5) is 23.6. The van der Waals surface area contributed by atoms with Crippen molar-refractivity contribution in [3.8, 4) is 0 Å². The Morgan fingerprint density at radius 3 is 1.68 bits per heavy atom. The van der Waals surface area contributed by atoms with Crippen LogP contribution in [0, 0.1) is 6.92 Å². The Morgan fingerprint density at radius 2 is 1.21 bits per heavy atom. The molecule has 0 saturated carbocycles. The molecule has 186 valence electrons. The summed E-state index contributed by atoms with van der Waals surface area (Å²) in [6.45, 7) is 2.30. The van der Waals surface area contributed by atoms with E-state index in [2.05, 4.69) is 10.6 Å². The number of benzene rings is 2. The van der Waals surface area contributed by atoms with Gasteiger partial charge in [-0.15, -0.1) is 0 Å². The number of unbranched alkanes of at least 4 members (excludes halogenated alkanes) is 3. The predicted molar refractivity (Wildman–Crippen MR) is 129 cm³/mol. The first-order valence-electron chi connectivity index (χ1n) is 10.4. The van der Waals surface area contributed by atoms with Crippen molar-refractivity contribution < 1.29 is 26.4 Å². The van der Waals surface area contributed by atoms with E-state index in [1.54, 1.807) is 19.1 Å². The van der Waals surface area contributed by atoms with Gasteiger partial charge in [0.1, 0.15) is 0 Å². The van der Waals surface area contributed by atoms with Crippen molar-refractivity contribution in [1.82, 2.24) is 20.1 Å². The number of carbonyl (C=O) groups excluding carboxylic acids is 2. The van der Waals surface area contributed by atoms with E-state index in [1.807, 2.05) is 9.44 Å². The van der Waals surface area contributed by atoms with Gasteiger partial charge < -0.3 is 10.6 Å². The van der Waals surface area contributed by atoms with Crippen molar-refractivity contribution in [2.45, 2.75) is 42.4 Å². The van der Waals surface area contributed by atoms with Crippen LogP contribution in [0.4, 0.5) is 9.59 Å². The summed E-state index contributed by atoms with van der Waals surface area (Å²) in [5.41, 5.74) is 0.762. The lowest BCUT2D eigenvalue weighted by Gasteiger charge is -2.10. The van der Waals surface area contributed by atoms with Gasteiger partial charge in [-0.1, -0.05) is 42.6 Å². The van der Waals surface area contributed by atoms with Gasteiger partial charge in [0, 0.05) is 18.1 Å². The molecule has 0 bridgehead atoms. The zero-order valence-corrected chi connectivity index (χ0v) is 20.9. The molecule has 0 fully saturated rings. The van der Waals surface area contributed by atoms with E-state index in [0.717, 1.165) is 12.0 Å². The molecule has 34 heavy (non-hydrogen) atoms. The number of sulfonamides is 2. The van der Waals surface area contributed by atoms with Crippen LogP contribution in [0.2, 0.25) is 5.02 Å². The Balaban J connectivity index is 1.58. The van der Waals surface area contributed by atoms with E-state index in [4.69, 9.17) is 11.6 Å². The van der Waals surface area contributed by atoms with Crippen molar-refractivity contribution >= 4 is 43.7 Å². The van der Waals surface area contributed by atoms with Crippen molar-refractivity contribution in [3.05, 3.63) is 59.1 Å². The summed E-state index contributed by atoms with van der Waals surface area (Å²) in [7, 11) is -7.95. The second-order valence-electron chi connectivity index (χ2n) is 7.41. The molecular weight excluding hydrogens is 504 g/mol. The zero-order valence-electron chi connectivity index (χ0n) is 18.5. The molecular formula is C21H27ClN4O6S2. The van der Waals surface area contributed by atoms with Gasteiger partial charge in [0.05, 0.1) is 9.79 Å². The van der Waals surface area contributed by atoms with Crippen LogP contribution in [0.5, 0.6) is 0 Å². The maximum atomic E-state index is 12.2. The number of carbonyl (C=O) groups is 2. The van der Waals surface area contributed by atoms with Crippen molar-refractivity contribution in [1.29, 1.82) is 0 Å². The van der Waals surface area contributed by atoms with Gasteiger partial charge in [-0.05, 0) is 55.7 Å². The summed E-state index contributed by atoms with van der Waals surface area (Å²) in [5, 5.41) is 5.20. The van der Waals surface area contributed by atoms with Gasteiger partial charge in [-0.25, -0.2) is 35.9 Å². The SMILES string of the molecule is Cc1cccc(S(=O)(=O)NC(=O)NCCCCCCNC(=O)NS(=O)(=O)c2cccc(Cl)c2)c1. The molecule has 10 nitrogen and oxygen atoms in total. The summed E-state index contributed by atoms with van der Waals surface area (Å²) in [6.07, 6.45) is 2.63. The lowest BCUT2D eigenvalue weighted by Crippen LogP contribution is -2.40. The maximum Gasteiger partial charge on any atom is 0.328 e. The molecule has 0 aliphatic heterocycles. The Morgan fingerprint density at radius 1 is 0.735 bits per heavy atom. The standard InChI is InChI=1S/C21H27ClN4O6S2/c1-16-8-6-10-18(14-16)33(29,30)25-20(27)23-12-4-2-3-5-13-24-21(28)26-34(31,32)19-11-7-9-17(22)15-19/h6-11,14-15H,2-5,12-13H2,1H3,(H2,23,25,27)(H2,24,26,28). The lowest BCUT2D eigenvalue weighted by molar-refractivity contribution is 0.244. The summed E-state index contributed by atoms with van der Waals surface area (Å²) >= 11 is 5.77. The van der Waals surface area contributed by atoms with Crippen LogP contribution < -0.4 is 20.1 Å². The van der Waals surface area contributed by atoms with Gasteiger partial charge in [-0.3, -0.25) is 0 Å². The van der Waals surface area contributed by atoms with Gasteiger partial charge in [-0.2, -0.15) is 0 Å². The zero-order chi connectivity index (χ0) is 25.2. The van der Waals surface area contributed by atoms with Crippen LogP contribution >= 0.6 is 11.6 Å². The highest BCUT2D eigenvalue weighted by Gasteiger charge is 2.18. The van der Waals surface area contributed by atoms with E-state index in [9.17, 15) is 26.4 Å². The molecule has 2 rings (SSSR count). The van der Waals surface area contributed by atoms with Gasteiger partial charge in [0.2, 0.25) is 0 Å². The molecule has 0 aliphatic rings. The fraction of sp³-hybridized carbons (Fsp3) is 0.333. The molecule has 0 saturated heterocycles. The molecule has 0 aromatic heterocycles. The Labute approximate surface area is 204 Å². The normalized spacial score (nSPS) is 11.5. The number of amides is 4. The second kappa shape index (κ2) is 12.6. The first-order chi connectivity index (χ1) is 16.0. The number of aryl methyl sites for hydroxylation is 1. The fourth-order valence-corrected chi connectivity index (χ4v) is 5.12. The topological polar surface area (TPSA) is 151 Å². The molecule has 4 N–H and O–H groups in total. The van der Waals surface area contributed by atoms with Crippen LogP contribution in [0.15, 0.2) is 58.3 Å². The molecule has 0 atom stereocenters. The first-order valence-corrected chi connectivity index (χ1v) is 13.8. The minimum Gasteiger partial charge on any atom is -0.337 e. The lowest BCUT2D eigenvalue weighted by atomic mass is 10.2. The number of hydrogen-bond acceptors (Lipinski definition) is 6. The highest BCUT2D eigenvalue weighted by atomic mass is 35.5. The molecule has 13 heteroatoms. The van der Waals surface area contributed by atoms with Crippen LogP contribution in [-0.4, -0.2) is 42.0 Å². The quantitative estimate of drug-likeness (QED) is 0.328. The van der Waals surface area contributed by atoms with Gasteiger partial charge in [0.15, 0.2) is 0 Å². The molecule has 2 aromatic carbocycles. The highest BCUT2D eigenvalue weighted by Crippen LogP contribution is 2.15. The van der Waals surface area contributed by atoms with Crippen LogP contribution in [0.1, 0.15) is 31.2 Å². The van der Waals surface area contributed by atoms with E-state index in [1.165, 1.54) is 36.4 Å². The summed E-state index contributed by atoms with van der Waals surface area (Å²) in [6, 6.07) is 10.1. The molecule has 2 aromatic rings. The molecule has 4 amide bonds. The third-order valence-corrected chi connectivity index (χ3v) is 7.43. The highest BCUT2D eigenvalue weighted by molar-refractivity contribution is 7.90. The predicted octanol–water partition coefficient (Wildman–Crippen LogP) is 2.88. The van der Waals surface area contributed by atoms with Crippen molar-refractivity contribution in [3.63, 3.8) is 0 Å². The number of nitrogens with one attached hydrogen (secondary N) is 4. The molecule has 0 spiro atoms. The van der Waals surface area contributed by atoms with Crippen LogP contribution in [0.3, 0.4) is 0 Å². The summed E-state index contributed by atoms with van der Waals surface area (Å²) in [5.74, 6) is 0. The minimum atomic E-state index is -4.01. The third kappa shape index (κ3) is 9.20. The number of halogens is 1. The van der Waals surface area contributed by atoms with Crippen molar-refractivity contribution in [2.75, 3.05) is 13.1 Å². The molecule has 0 unspecified atom stereocenters. The molecule has 0 radical (unpaired) electrons. The monoisotopic (exact) mass is 530 g/mol. The van der Waals surface area contributed by atoms with E-state index in [0.29, 0.717) is 19.3 Å². The van der Waals surface area contributed by atoms with E-state index in [-0.39, 0.29) is 27.9 Å². The Kier molecular flexibility index (Phi) is 10.1.